The van der Waals surface area contributed by atoms with Crippen LogP contribution >= 0.6 is 12.2 Å². The molecule has 2 aromatic carbocycles. The molecule has 0 aromatic heterocycles. The van der Waals surface area contributed by atoms with E-state index in [-0.39, 0.29) is 0 Å². The second-order valence-electron chi connectivity index (χ2n) is 6.44. The van der Waals surface area contributed by atoms with Crippen LogP contribution in [0.5, 0.6) is 0 Å². The molecule has 21 heavy (non-hydrogen) atoms. The average Bonchev–Trinajstić information content (AvgIpc) is 3.25. The first-order chi connectivity index (χ1) is 10.0. The Morgan fingerprint density at radius 3 is 2.43 bits per heavy atom. The highest BCUT2D eigenvalue weighted by atomic mass is 32.1. The van der Waals surface area contributed by atoms with Gasteiger partial charge in [-0.25, -0.2) is 0 Å². The van der Waals surface area contributed by atoms with Crippen molar-refractivity contribution in [1.29, 1.82) is 0 Å². The van der Waals surface area contributed by atoms with E-state index in [1.54, 1.807) is 0 Å². The van der Waals surface area contributed by atoms with Gasteiger partial charge < -0.3 is 11.1 Å². The molecule has 1 aliphatic carbocycles. The molecule has 2 nitrogen and oxygen atoms in total. The Kier molecular flexibility index (Phi) is 3.62. The van der Waals surface area contributed by atoms with Crippen LogP contribution in [0.4, 0.5) is 5.69 Å². The summed E-state index contributed by atoms with van der Waals surface area (Å²) < 4.78 is 0. The first-order valence-corrected chi connectivity index (χ1v) is 8.00. The van der Waals surface area contributed by atoms with Gasteiger partial charge in [-0.05, 0) is 41.7 Å². The standard InChI is InChI=1S/C18H22N2S/c1-12(2)18(9-10-18)11-20-16-8-7-15(17(19)21)13-5-3-4-6-14(13)16/h3-8,12,20H,9-11H2,1-2H3,(H2,19,21). The van der Waals surface area contributed by atoms with Crippen LogP contribution in [0.15, 0.2) is 36.4 Å². The molecule has 0 aliphatic heterocycles. The Balaban J connectivity index is 1.93. The Morgan fingerprint density at radius 2 is 1.86 bits per heavy atom. The largest absolute Gasteiger partial charge is 0.389 e. The molecule has 0 radical (unpaired) electrons. The van der Waals surface area contributed by atoms with E-state index < -0.39 is 0 Å². The molecule has 0 amide bonds. The van der Waals surface area contributed by atoms with Crippen molar-refractivity contribution in [2.45, 2.75) is 26.7 Å². The molecule has 0 spiro atoms. The minimum atomic E-state index is 0.457. The molecule has 0 saturated heterocycles. The van der Waals surface area contributed by atoms with E-state index in [0.717, 1.165) is 23.4 Å². The van der Waals surface area contributed by atoms with Crippen molar-refractivity contribution < 1.29 is 0 Å². The van der Waals surface area contributed by atoms with E-state index in [1.165, 1.54) is 23.9 Å². The van der Waals surface area contributed by atoms with Gasteiger partial charge in [0.15, 0.2) is 0 Å². The number of rotatable bonds is 5. The molecule has 2 aromatic rings. The highest BCUT2D eigenvalue weighted by molar-refractivity contribution is 7.80. The van der Waals surface area contributed by atoms with Crippen LogP contribution in [-0.4, -0.2) is 11.5 Å². The van der Waals surface area contributed by atoms with Gasteiger partial charge in [0.1, 0.15) is 4.99 Å². The summed E-state index contributed by atoms with van der Waals surface area (Å²) >= 11 is 5.16. The first-order valence-electron chi connectivity index (χ1n) is 7.59. The predicted octanol–water partition coefficient (Wildman–Crippen LogP) is 4.32. The van der Waals surface area contributed by atoms with Crippen molar-refractivity contribution in [1.82, 2.24) is 0 Å². The SMILES string of the molecule is CC(C)C1(CNc2ccc(C(N)=S)c3ccccc23)CC1. The number of fused-ring (bicyclic) bond motifs is 1. The number of hydrogen-bond acceptors (Lipinski definition) is 2. The molecule has 1 aliphatic rings. The van der Waals surface area contributed by atoms with Gasteiger partial charge in [-0.1, -0.05) is 50.3 Å². The third-order valence-electron chi connectivity index (χ3n) is 4.94. The van der Waals surface area contributed by atoms with E-state index in [0.29, 0.717) is 10.4 Å². The Labute approximate surface area is 131 Å². The molecular weight excluding hydrogens is 276 g/mol. The van der Waals surface area contributed by atoms with Gasteiger partial charge in [-0.3, -0.25) is 0 Å². The average molecular weight is 298 g/mol. The summed E-state index contributed by atoms with van der Waals surface area (Å²) in [7, 11) is 0. The molecule has 0 unspecified atom stereocenters. The fraction of sp³-hybridized carbons (Fsp3) is 0.389. The monoisotopic (exact) mass is 298 g/mol. The Bertz CT molecular complexity index is 687. The highest BCUT2D eigenvalue weighted by Crippen LogP contribution is 2.51. The summed E-state index contributed by atoms with van der Waals surface area (Å²) in [6.07, 6.45) is 2.67. The van der Waals surface area contributed by atoms with Crippen LogP contribution < -0.4 is 11.1 Å². The Morgan fingerprint density at radius 1 is 1.19 bits per heavy atom. The van der Waals surface area contributed by atoms with E-state index >= 15 is 0 Å². The van der Waals surface area contributed by atoms with Gasteiger partial charge in [-0.2, -0.15) is 0 Å². The number of anilines is 1. The van der Waals surface area contributed by atoms with E-state index in [4.69, 9.17) is 18.0 Å². The number of hydrogen-bond donors (Lipinski definition) is 2. The molecule has 1 saturated carbocycles. The second-order valence-corrected chi connectivity index (χ2v) is 6.88. The zero-order valence-corrected chi connectivity index (χ0v) is 13.5. The van der Waals surface area contributed by atoms with Crippen LogP contribution in [-0.2, 0) is 0 Å². The molecule has 0 bridgehead atoms. The van der Waals surface area contributed by atoms with Gasteiger partial charge >= 0.3 is 0 Å². The quantitative estimate of drug-likeness (QED) is 0.807. The first kappa shape index (κ1) is 14.3. The summed E-state index contributed by atoms with van der Waals surface area (Å²) in [6.45, 7) is 5.69. The van der Waals surface area contributed by atoms with E-state index in [9.17, 15) is 0 Å². The lowest BCUT2D eigenvalue weighted by atomic mass is 9.92. The minimum absolute atomic E-state index is 0.457. The van der Waals surface area contributed by atoms with Gasteiger partial charge in [0.2, 0.25) is 0 Å². The smallest absolute Gasteiger partial charge is 0.104 e. The van der Waals surface area contributed by atoms with Crippen molar-refractivity contribution >= 4 is 33.7 Å². The van der Waals surface area contributed by atoms with Crippen LogP contribution in [0.3, 0.4) is 0 Å². The molecular formula is C18H22N2S. The molecule has 0 atom stereocenters. The maximum atomic E-state index is 5.83. The van der Waals surface area contributed by atoms with E-state index in [1.807, 2.05) is 12.1 Å². The van der Waals surface area contributed by atoms with Crippen molar-refractivity contribution in [2.24, 2.45) is 17.1 Å². The zero-order chi connectivity index (χ0) is 15.0. The van der Waals surface area contributed by atoms with E-state index in [2.05, 4.69) is 43.4 Å². The summed E-state index contributed by atoms with van der Waals surface area (Å²) in [5.74, 6) is 0.729. The molecule has 3 heteroatoms. The lowest BCUT2D eigenvalue weighted by molar-refractivity contribution is 0.380. The molecule has 1 fully saturated rings. The van der Waals surface area contributed by atoms with Crippen LogP contribution in [0.25, 0.3) is 10.8 Å². The lowest BCUT2D eigenvalue weighted by Gasteiger charge is -2.22. The third kappa shape index (κ3) is 2.62. The number of nitrogens with two attached hydrogens (primary N) is 1. The van der Waals surface area contributed by atoms with Gasteiger partial charge in [0, 0.05) is 23.2 Å². The molecule has 110 valence electrons. The van der Waals surface area contributed by atoms with Crippen LogP contribution in [0.2, 0.25) is 0 Å². The lowest BCUT2D eigenvalue weighted by Crippen LogP contribution is -2.21. The zero-order valence-electron chi connectivity index (χ0n) is 12.6. The maximum Gasteiger partial charge on any atom is 0.104 e. The Hall–Kier alpha value is -1.61. The summed E-state index contributed by atoms with van der Waals surface area (Å²) in [5.41, 5.74) is 8.46. The van der Waals surface area contributed by atoms with Crippen LogP contribution in [0.1, 0.15) is 32.3 Å². The summed E-state index contributed by atoms with van der Waals surface area (Å²) in [6, 6.07) is 12.4. The number of nitrogens with one attached hydrogen (secondary N) is 1. The predicted molar refractivity (Wildman–Crippen MR) is 94.8 cm³/mol. The van der Waals surface area contributed by atoms with Crippen LogP contribution in [0, 0.1) is 11.3 Å². The van der Waals surface area contributed by atoms with Crippen molar-refractivity contribution in [3.05, 3.63) is 42.0 Å². The number of thiocarbonyl (C=S) groups is 1. The molecule has 3 rings (SSSR count). The highest BCUT2D eigenvalue weighted by Gasteiger charge is 2.44. The normalized spacial score (nSPS) is 16.1. The fourth-order valence-corrected chi connectivity index (χ4v) is 3.24. The van der Waals surface area contributed by atoms with Gasteiger partial charge in [-0.15, -0.1) is 0 Å². The maximum absolute atomic E-state index is 5.83. The van der Waals surface area contributed by atoms with Crippen molar-refractivity contribution in [3.63, 3.8) is 0 Å². The summed E-state index contributed by atoms with van der Waals surface area (Å²) in [4.78, 5) is 0.457. The minimum Gasteiger partial charge on any atom is -0.389 e. The van der Waals surface area contributed by atoms with Crippen molar-refractivity contribution in [3.8, 4) is 0 Å². The third-order valence-corrected chi connectivity index (χ3v) is 5.16. The van der Waals surface area contributed by atoms with Crippen molar-refractivity contribution in [2.75, 3.05) is 11.9 Å². The molecule has 0 heterocycles. The van der Waals surface area contributed by atoms with Gasteiger partial charge in [0.05, 0.1) is 0 Å². The van der Waals surface area contributed by atoms with Gasteiger partial charge in [0.25, 0.3) is 0 Å². The fourth-order valence-electron chi connectivity index (χ4n) is 3.06. The topological polar surface area (TPSA) is 38.0 Å². The number of benzene rings is 2. The second kappa shape index (κ2) is 5.30. The molecule has 3 N–H and O–H groups in total. The summed E-state index contributed by atoms with van der Waals surface area (Å²) in [5, 5.41) is 5.98.